The lowest BCUT2D eigenvalue weighted by Crippen LogP contribution is -2.71. The van der Waals surface area contributed by atoms with Gasteiger partial charge in [0, 0.05) is 0 Å². The monoisotopic (exact) mass is 384 g/mol. The molecule has 1 nitrogen and oxygen atoms in total. The SMILES string of the molecule is O[SiH](C(F)(F)C(F)(F)C(F)(F)F)C(F)(F)C(F)(F)C(F)(F)F. The molecule has 22 heavy (non-hydrogen) atoms. The van der Waals surface area contributed by atoms with Gasteiger partial charge in [-0.3, -0.25) is 0 Å². The van der Waals surface area contributed by atoms with Crippen LogP contribution in [0.5, 0.6) is 0 Å². The minimum absolute atomic E-state index is 7.25. The molecule has 0 amide bonds. The Kier molecular flexibility index (Phi) is 4.92. The Morgan fingerprint density at radius 3 is 0.773 bits per heavy atom. The molecule has 134 valence electrons. The molecule has 0 aromatic heterocycles. The third-order valence-corrected chi connectivity index (χ3v) is 4.33. The smallest absolute Gasteiger partial charge is 0.425 e. The van der Waals surface area contributed by atoms with Crippen LogP contribution in [0, 0.1) is 0 Å². The van der Waals surface area contributed by atoms with E-state index in [1.807, 2.05) is 0 Å². The van der Waals surface area contributed by atoms with E-state index in [4.69, 9.17) is 4.80 Å². The summed E-state index contributed by atoms with van der Waals surface area (Å²) in [6.45, 7) is 0. The van der Waals surface area contributed by atoms with Crippen molar-refractivity contribution in [2.45, 2.75) is 35.3 Å². The van der Waals surface area contributed by atoms with Crippen molar-refractivity contribution < 1.29 is 66.3 Å². The van der Waals surface area contributed by atoms with Crippen LogP contribution in [-0.2, 0) is 0 Å². The molecule has 0 heterocycles. The third-order valence-electron chi connectivity index (χ3n) is 2.24. The van der Waals surface area contributed by atoms with Crippen LogP contribution in [0.1, 0.15) is 0 Å². The zero-order valence-electron chi connectivity index (χ0n) is 9.32. The van der Waals surface area contributed by atoms with Gasteiger partial charge < -0.3 is 4.80 Å². The molecule has 0 spiro atoms. The molecule has 16 heteroatoms. The number of rotatable bonds is 4. The Morgan fingerprint density at radius 2 is 0.636 bits per heavy atom. The van der Waals surface area contributed by atoms with E-state index in [1.165, 1.54) is 0 Å². The highest BCUT2D eigenvalue weighted by Crippen LogP contribution is 2.54. The summed E-state index contributed by atoms with van der Waals surface area (Å²) in [5.74, 6) is -14.9. The third kappa shape index (κ3) is 2.85. The first-order valence-corrected chi connectivity index (χ1v) is 6.15. The maximum absolute atomic E-state index is 12.7. The van der Waals surface area contributed by atoms with Crippen molar-refractivity contribution >= 4 is 9.04 Å². The minimum Gasteiger partial charge on any atom is -0.425 e. The molecule has 0 bridgehead atoms. The number of hydrogen-bond acceptors (Lipinski definition) is 1. The van der Waals surface area contributed by atoms with Crippen LogP contribution in [-0.4, -0.2) is 49.1 Å². The Bertz CT molecular complexity index is 369. The summed E-state index contributed by atoms with van der Waals surface area (Å²) >= 11 is 0. The van der Waals surface area contributed by atoms with Gasteiger partial charge in [0.2, 0.25) is 0 Å². The molecule has 0 saturated heterocycles. The molecule has 0 rings (SSSR count). The predicted octanol–water partition coefficient (Wildman–Crippen LogP) is 3.45. The summed E-state index contributed by atoms with van der Waals surface area (Å²) in [5, 5.41) is 0. The van der Waals surface area contributed by atoms with Gasteiger partial charge in [-0.25, -0.2) is 17.6 Å². The highest BCUT2D eigenvalue weighted by Gasteiger charge is 2.86. The van der Waals surface area contributed by atoms with E-state index in [1.54, 1.807) is 0 Å². The second kappa shape index (κ2) is 5.10. The second-order valence-electron chi connectivity index (χ2n) is 3.79. The molecule has 0 aliphatic carbocycles. The summed E-state index contributed by atoms with van der Waals surface area (Å²) in [6, 6.07) is 0. The van der Waals surface area contributed by atoms with Crippen molar-refractivity contribution in [2.24, 2.45) is 0 Å². The second-order valence-corrected chi connectivity index (χ2v) is 6.05. The molecule has 0 aromatic carbocycles. The predicted molar refractivity (Wildman–Crippen MR) is 41.3 cm³/mol. The minimum atomic E-state index is -7.68. The van der Waals surface area contributed by atoms with Crippen LogP contribution in [0.15, 0.2) is 0 Å². The van der Waals surface area contributed by atoms with Crippen molar-refractivity contribution in [3.05, 3.63) is 0 Å². The van der Waals surface area contributed by atoms with E-state index in [0.29, 0.717) is 0 Å². The zero-order valence-corrected chi connectivity index (χ0v) is 10.5. The van der Waals surface area contributed by atoms with Crippen LogP contribution in [0.3, 0.4) is 0 Å². The lowest BCUT2D eigenvalue weighted by Gasteiger charge is -2.36. The van der Waals surface area contributed by atoms with Crippen molar-refractivity contribution in [1.82, 2.24) is 0 Å². The molecule has 0 radical (unpaired) electrons. The van der Waals surface area contributed by atoms with Crippen molar-refractivity contribution in [1.29, 1.82) is 0 Å². The lowest BCUT2D eigenvalue weighted by atomic mass is 10.3. The summed E-state index contributed by atoms with van der Waals surface area (Å²) in [7, 11) is -7.68. The Morgan fingerprint density at radius 1 is 0.455 bits per heavy atom. The van der Waals surface area contributed by atoms with Gasteiger partial charge in [0.25, 0.3) is 0 Å². The number of hydrogen-bond donors (Lipinski definition) is 1. The zero-order chi connectivity index (χ0) is 18.6. The van der Waals surface area contributed by atoms with Gasteiger partial charge in [-0.15, -0.1) is 0 Å². The van der Waals surface area contributed by atoms with E-state index in [0.717, 1.165) is 0 Å². The Balaban J connectivity index is 6.00. The average molecular weight is 384 g/mol. The maximum Gasteiger partial charge on any atom is 0.459 e. The molecule has 0 atom stereocenters. The van der Waals surface area contributed by atoms with Gasteiger partial charge in [0.05, 0.1) is 0 Å². The van der Waals surface area contributed by atoms with Gasteiger partial charge in [0.1, 0.15) is 0 Å². The van der Waals surface area contributed by atoms with Crippen LogP contribution in [0.4, 0.5) is 61.5 Å². The van der Waals surface area contributed by atoms with Crippen LogP contribution in [0.25, 0.3) is 0 Å². The molecular formula is C6H2F14OSi. The topological polar surface area (TPSA) is 20.2 Å². The molecule has 1 N–H and O–H groups in total. The Labute approximate surface area is 112 Å². The maximum atomic E-state index is 12.7. The van der Waals surface area contributed by atoms with Crippen LogP contribution in [0.2, 0.25) is 0 Å². The van der Waals surface area contributed by atoms with Gasteiger partial charge >= 0.3 is 44.3 Å². The van der Waals surface area contributed by atoms with Crippen molar-refractivity contribution in [3.8, 4) is 0 Å². The number of alkyl halides is 14. The van der Waals surface area contributed by atoms with Gasteiger partial charge in [-0.05, 0) is 0 Å². The Hall–Kier alpha value is -0.803. The summed E-state index contributed by atoms with van der Waals surface area (Å²) in [4.78, 5) is 8.18. The fourth-order valence-corrected chi connectivity index (χ4v) is 2.42. The normalized spacial score (nSPS) is 16.4. The summed E-state index contributed by atoms with van der Waals surface area (Å²) < 4.78 is 170. The molecule has 0 fully saturated rings. The van der Waals surface area contributed by atoms with Crippen LogP contribution < -0.4 is 0 Å². The van der Waals surface area contributed by atoms with E-state index in [9.17, 15) is 61.5 Å². The lowest BCUT2D eigenvalue weighted by molar-refractivity contribution is -0.352. The van der Waals surface area contributed by atoms with Gasteiger partial charge in [-0.1, -0.05) is 0 Å². The standard InChI is InChI=1S/C6H2F14OSi/c7-1(8,3(11,12)13)5(17,18)22(21)6(19,20)2(9,10)4(14,15)16/h21-22H. The molecule has 0 aromatic rings. The highest BCUT2D eigenvalue weighted by atomic mass is 28.3. The van der Waals surface area contributed by atoms with E-state index in [-0.39, 0.29) is 0 Å². The van der Waals surface area contributed by atoms with Crippen molar-refractivity contribution in [3.63, 3.8) is 0 Å². The van der Waals surface area contributed by atoms with E-state index in [2.05, 4.69) is 0 Å². The number of halogens is 14. The van der Waals surface area contributed by atoms with Gasteiger partial charge in [-0.2, -0.15) is 43.9 Å². The molecule has 0 unspecified atom stereocenters. The fraction of sp³-hybridized carbons (Fsp3) is 1.00. The van der Waals surface area contributed by atoms with Crippen LogP contribution >= 0.6 is 0 Å². The highest BCUT2D eigenvalue weighted by molar-refractivity contribution is 6.57. The molecule has 0 aliphatic heterocycles. The summed E-state index contributed by atoms with van der Waals surface area (Å²) in [5.41, 5.74) is -14.5. The van der Waals surface area contributed by atoms with E-state index >= 15 is 0 Å². The first-order valence-electron chi connectivity index (χ1n) is 4.48. The van der Waals surface area contributed by atoms with Gasteiger partial charge in [0.15, 0.2) is 0 Å². The molecular weight excluding hydrogens is 382 g/mol. The summed E-state index contributed by atoms with van der Waals surface area (Å²) in [6.07, 6.45) is -14.6. The quantitative estimate of drug-likeness (QED) is 0.582. The fourth-order valence-electron chi connectivity index (χ4n) is 0.949. The first kappa shape index (κ1) is 21.2. The van der Waals surface area contributed by atoms with Crippen molar-refractivity contribution in [2.75, 3.05) is 0 Å². The first-order chi connectivity index (χ1) is 9.15. The largest absolute Gasteiger partial charge is 0.459 e. The molecule has 0 aliphatic rings. The van der Waals surface area contributed by atoms with E-state index < -0.39 is 44.3 Å². The average Bonchev–Trinajstić information content (AvgIpc) is 2.24. The molecule has 0 saturated carbocycles.